The minimum atomic E-state index is -3.83. The third-order valence-electron chi connectivity index (χ3n) is 4.22. The molecule has 6 nitrogen and oxygen atoms in total. The van der Waals surface area contributed by atoms with Crippen LogP contribution in [0, 0.1) is 12.7 Å². The molecular weight excluding hydrogens is 395 g/mol. The number of nitrogens with one attached hydrogen (secondary N) is 1. The Balaban J connectivity index is 1.88. The van der Waals surface area contributed by atoms with Gasteiger partial charge in [-0.3, -0.25) is 4.79 Å². The van der Waals surface area contributed by atoms with Gasteiger partial charge in [0.15, 0.2) is 0 Å². The van der Waals surface area contributed by atoms with E-state index in [-0.39, 0.29) is 23.5 Å². The smallest absolute Gasteiger partial charge is 0.258 e. The average molecular weight is 413 g/mol. The number of rotatable bonds is 4. The molecule has 1 fully saturated rings. The summed E-state index contributed by atoms with van der Waals surface area (Å²) in [5.41, 5.74) is 0.858. The molecule has 1 saturated heterocycles. The van der Waals surface area contributed by atoms with Crippen molar-refractivity contribution in [2.24, 2.45) is 0 Å². The molecule has 0 saturated carbocycles. The van der Waals surface area contributed by atoms with Gasteiger partial charge in [0.25, 0.3) is 5.91 Å². The maximum atomic E-state index is 14.2. The molecule has 0 aromatic heterocycles. The number of nitrogens with zero attached hydrogens (tertiary/aromatic N) is 1. The lowest BCUT2D eigenvalue weighted by molar-refractivity contribution is 0.0730. The van der Waals surface area contributed by atoms with Gasteiger partial charge >= 0.3 is 0 Å². The third kappa shape index (κ3) is 4.30. The largest absolute Gasteiger partial charge is 0.379 e. The van der Waals surface area contributed by atoms with Gasteiger partial charge in [-0.2, -0.15) is 4.31 Å². The first-order chi connectivity index (χ1) is 12.8. The Hall–Kier alpha value is -2.00. The van der Waals surface area contributed by atoms with Gasteiger partial charge in [0.1, 0.15) is 5.82 Å². The van der Waals surface area contributed by atoms with Crippen LogP contribution in [0.3, 0.4) is 0 Å². The van der Waals surface area contributed by atoms with Gasteiger partial charge in [0.05, 0.1) is 23.7 Å². The van der Waals surface area contributed by atoms with E-state index in [1.54, 1.807) is 18.2 Å². The third-order valence-corrected chi connectivity index (χ3v) is 6.52. The molecular formula is C18H18ClFN2O4S. The van der Waals surface area contributed by atoms with Crippen molar-refractivity contribution in [3.05, 3.63) is 58.4 Å². The molecule has 1 aliphatic heterocycles. The summed E-state index contributed by atoms with van der Waals surface area (Å²) in [7, 11) is -3.83. The number of halogens is 2. The summed E-state index contributed by atoms with van der Waals surface area (Å²) in [4.78, 5) is 12.3. The van der Waals surface area contributed by atoms with E-state index in [1.807, 2.05) is 6.92 Å². The fourth-order valence-electron chi connectivity index (χ4n) is 2.64. The van der Waals surface area contributed by atoms with Crippen LogP contribution >= 0.6 is 11.6 Å². The Labute approximate surface area is 161 Å². The van der Waals surface area contributed by atoms with Crippen LogP contribution in [0.5, 0.6) is 0 Å². The molecule has 0 radical (unpaired) electrons. The van der Waals surface area contributed by atoms with Crippen molar-refractivity contribution in [2.75, 3.05) is 31.6 Å². The molecule has 0 aliphatic carbocycles. The van der Waals surface area contributed by atoms with Crippen LogP contribution < -0.4 is 5.32 Å². The maximum absolute atomic E-state index is 14.2. The zero-order valence-corrected chi connectivity index (χ0v) is 16.1. The van der Waals surface area contributed by atoms with Crippen molar-refractivity contribution in [1.29, 1.82) is 0 Å². The van der Waals surface area contributed by atoms with Crippen LogP contribution in [-0.2, 0) is 14.8 Å². The number of ether oxygens (including phenoxy) is 1. The first kappa shape index (κ1) is 19.8. The number of benzene rings is 2. The zero-order valence-electron chi connectivity index (χ0n) is 14.5. The predicted octanol–water partition coefficient (Wildman–Crippen LogP) is 3.06. The second-order valence-electron chi connectivity index (χ2n) is 6.08. The molecule has 1 aliphatic rings. The molecule has 1 N–H and O–H groups in total. The van der Waals surface area contributed by atoms with Crippen molar-refractivity contribution in [1.82, 2.24) is 4.31 Å². The highest BCUT2D eigenvalue weighted by Crippen LogP contribution is 2.23. The van der Waals surface area contributed by atoms with E-state index >= 15 is 0 Å². The topological polar surface area (TPSA) is 75.7 Å². The standard InChI is InChI=1S/C18H18ClFN2O4S/c1-12-2-3-13(10-16(12)19)21-18(23)15-11-14(4-5-17(15)20)27(24,25)22-6-8-26-9-7-22/h2-5,10-11H,6-9H2,1H3,(H,21,23). The summed E-state index contributed by atoms with van der Waals surface area (Å²) in [6.07, 6.45) is 0. The average Bonchev–Trinajstić information content (AvgIpc) is 2.65. The summed E-state index contributed by atoms with van der Waals surface area (Å²) in [5.74, 6) is -1.57. The van der Waals surface area contributed by atoms with Gasteiger partial charge in [0, 0.05) is 23.8 Å². The highest BCUT2D eigenvalue weighted by Gasteiger charge is 2.28. The summed E-state index contributed by atoms with van der Waals surface area (Å²) < 4.78 is 46.0. The first-order valence-corrected chi connectivity index (χ1v) is 10.1. The molecule has 27 heavy (non-hydrogen) atoms. The Kier molecular flexibility index (Phi) is 5.81. The SMILES string of the molecule is Cc1ccc(NC(=O)c2cc(S(=O)(=O)N3CCOCC3)ccc2F)cc1Cl. The number of aryl methyl sites for hydroxylation is 1. The van der Waals surface area contributed by atoms with Crippen molar-refractivity contribution >= 4 is 33.2 Å². The van der Waals surface area contributed by atoms with Crippen molar-refractivity contribution in [2.45, 2.75) is 11.8 Å². The van der Waals surface area contributed by atoms with E-state index < -0.39 is 21.7 Å². The minimum Gasteiger partial charge on any atom is -0.379 e. The van der Waals surface area contributed by atoms with Crippen molar-refractivity contribution in [3.8, 4) is 0 Å². The highest BCUT2D eigenvalue weighted by molar-refractivity contribution is 7.89. The highest BCUT2D eigenvalue weighted by atomic mass is 35.5. The Morgan fingerprint density at radius 2 is 1.89 bits per heavy atom. The lowest BCUT2D eigenvalue weighted by Gasteiger charge is -2.26. The molecule has 2 aromatic carbocycles. The first-order valence-electron chi connectivity index (χ1n) is 8.24. The molecule has 1 amide bonds. The Morgan fingerprint density at radius 1 is 1.19 bits per heavy atom. The number of amides is 1. The van der Waals surface area contributed by atoms with E-state index in [4.69, 9.17) is 16.3 Å². The normalized spacial score (nSPS) is 15.5. The number of carbonyl (C=O) groups is 1. The maximum Gasteiger partial charge on any atom is 0.258 e. The number of sulfonamides is 1. The second-order valence-corrected chi connectivity index (χ2v) is 8.42. The monoisotopic (exact) mass is 412 g/mol. The van der Waals surface area contributed by atoms with Gasteiger partial charge < -0.3 is 10.1 Å². The van der Waals surface area contributed by atoms with Crippen molar-refractivity contribution in [3.63, 3.8) is 0 Å². The minimum absolute atomic E-state index is 0.141. The number of carbonyl (C=O) groups excluding carboxylic acids is 1. The Bertz CT molecular complexity index is 975. The van der Waals surface area contributed by atoms with E-state index in [9.17, 15) is 17.6 Å². The van der Waals surface area contributed by atoms with E-state index in [0.717, 1.165) is 23.8 Å². The summed E-state index contributed by atoms with van der Waals surface area (Å²) >= 11 is 6.03. The van der Waals surface area contributed by atoms with E-state index in [0.29, 0.717) is 23.9 Å². The van der Waals surface area contributed by atoms with Gasteiger partial charge in [-0.1, -0.05) is 17.7 Å². The number of hydrogen-bond donors (Lipinski definition) is 1. The Morgan fingerprint density at radius 3 is 2.56 bits per heavy atom. The second kappa shape index (κ2) is 7.93. The van der Waals surface area contributed by atoms with E-state index in [1.165, 1.54) is 4.31 Å². The zero-order chi connectivity index (χ0) is 19.6. The summed E-state index contributed by atoms with van der Waals surface area (Å²) in [5, 5.41) is 2.99. The van der Waals surface area contributed by atoms with Crippen LogP contribution in [0.15, 0.2) is 41.3 Å². The summed E-state index contributed by atoms with van der Waals surface area (Å²) in [6.45, 7) is 2.82. The molecule has 9 heteroatoms. The van der Waals surface area contributed by atoms with Gasteiger partial charge in [-0.05, 0) is 42.8 Å². The fraction of sp³-hybridized carbons (Fsp3) is 0.278. The van der Waals surface area contributed by atoms with Gasteiger partial charge in [-0.15, -0.1) is 0 Å². The molecule has 144 valence electrons. The van der Waals surface area contributed by atoms with Crippen LogP contribution in [0.1, 0.15) is 15.9 Å². The lowest BCUT2D eigenvalue weighted by atomic mass is 10.2. The van der Waals surface area contributed by atoms with Gasteiger partial charge in [-0.25, -0.2) is 12.8 Å². The molecule has 0 bridgehead atoms. The molecule has 0 spiro atoms. The molecule has 0 unspecified atom stereocenters. The van der Waals surface area contributed by atoms with E-state index in [2.05, 4.69) is 5.32 Å². The van der Waals surface area contributed by atoms with Crippen LogP contribution in [0.2, 0.25) is 5.02 Å². The fourth-order valence-corrected chi connectivity index (χ4v) is 4.26. The predicted molar refractivity (Wildman–Crippen MR) is 100 cm³/mol. The number of morpholine rings is 1. The van der Waals surface area contributed by atoms with Crippen LogP contribution in [-0.4, -0.2) is 44.9 Å². The molecule has 1 heterocycles. The molecule has 0 atom stereocenters. The number of hydrogen-bond acceptors (Lipinski definition) is 4. The summed E-state index contributed by atoms with van der Waals surface area (Å²) in [6, 6.07) is 8.06. The molecule has 3 rings (SSSR count). The van der Waals surface area contributed by atoms with Crippen LogP contribution in [0.25, 0.3) is 0 Å². The quantitative estimate of drug-likeness (QED) is 0.837. The molecule has 2 aromatic rings. The lowest BCUT2D eigenvalue weighted by Crippen LogP contribution is -2.40. The van der Waals surface area contributed by atoms with Gasteiger partial charge in [0.2, 0.25) is 10.0 Å². The van der Waals surface area contributed by atoms with Crippen LogP contribution in [0.4, 0.5) is 10.1 Å². The number of anilines is 1. The van der Waals surface area contributed by atoms with Crippen molar-refractivity contribution < 1.29 is 22.3 Å².